The number of rotatable bonds is 4. The maximum absolute atomic E-state index is 12.9. The van der Waals surface area contributed by atoms with Gasteiger partial charge in [0.1, 0.15) is 6.61 Å². The summed E-state index contributed by atoms with van der Waals surface area (Å²) in [6.45, 7) is 1.68. The first kappa shape index (κ1) is 9.71. The highest BCUT2D eigenvalue weighted by atomic mass is 19.1. The number of para-hydroxylation sites is 1. The highest BCUT2D eigenvalue weighted by Crippen LogP contribution is 2.14. The molecule has 0 aliphatic rings. The van der Waals surface area contributed by atoms with E-state index in [1.807, 2.05) is 0 Å². The van der Waals surface area contributed by atoms with Gasteiger partial charge >= 0.3 is 0 Å². The van der Waals surface area contributed by atoms with Gasteiger partial charge in [0.15, 0.2) is 17.3 Å². The zero-order valence-electron chi connectivity index (χ0n) is 7.42. The lowest BCUT2D eigenvalue weighted by Gasteiger charge is -2.04. The maximum atomic E-state index is 12.9. The van der Waals surface area contributed by atoms with Crippen LogP contribution in [-0.2, 0) is 4.79 Å². The Hall–Kier alpha value is -1.38. The van der Waals surface area contributed by atoms with E-state index < -0.39 is 5.82 Å². The van der Waals surface area contributed by atoms with Gasteiger partial charge in [-0.15, -0.1) is 0 Å². The second kappa shape index (κ2) is 4.60. The molecule has 0 spiro atoms. The normalized spacial score (nSPS) is 9.69. The zero-order chi connectivity index (χ0) is 9.68. The fourth-order valence-corrected chi connectivity index (χ4v) is 0.822. The number of Topliss-reactive ketones (excluding diaryl/α,β-unsaturated/α-hetero) is 1. The van der Waals surface area contributed by atoms with E-state index >= 15 is 0 Å². The molecule has 2 nitrogen and oxygen atoms in total. The Balaban J connectivity index is 2.54. The molecule has 0 atom stereocenters. The molecule has 13 heavy (non-hydrogen) atoms. The molecule has 0 aliphatic carbocycles. The first-order valence-electron chi connectivity index (χ1n) is 4.13. The Kier molecular flexibility index (Phi) is 3.43. The molecule has 1 aromatic rings. The Morgan fingerprint density at radius 2 is 2.15 bits per heavy atom. The predicted molar refractivity (Wildman–Crippen MR) is 47.2 cm³/mol. The van der Waals surface area contributed by atoms with Crippen LogP contribution in [0.5, 0.6) is 5.75 Å². The highest BCUT2D eigenvalue weighted by Gasteiger charge is 2.03. The van der Waals surface area contributed by atoms with Crippen molar-refractivity contribution >= 4 is 5.78 Å². The summed E-state index contributed by atoms with van der Waals surface area (Å²) in [7, 11) is 0. The smallest absolute Gasteiger partial charge is 0.169 e. The second-order valence-corrected chi connectivity index (χ2v) is 2.61. The molecule has 70 valence electrons. The quantitative estimate of drug-likeness (QED) is 0.713. The van der Waals surface area contributed by atoms with Crippen molar-refractivity contribution in [2.75, 3.05) is 6.61 Å². The lowest BCUT2D eigenvalue weighted by Crippen LogP contribution is -2.10. The van der Waals surface area contributed by atoms with E-state index in [0.717, 1.165) is 0 Å². The first-order valence-corrected chi connectivity index (χ1v) is 4.13. The van der Waals surface area contributed by atoms with Crippen molar-refractivity contribution in [2.24, 2.45) is 0 Å². The minimum absolute atomic E-state index is 0.0387. The van der Waals surface area contributed by atoms with Crippen LogP contribution in [0.1, 0.15) is 13.3 Å². The fourth-order valence-electron chi connectivity index (χ4n) is 0.822. The lowest BCUT2D eigenvalue weighted by atomic mass is 10.3. The van der Waals surface area contributed by atoms with Gasteiger partial charge in [-0.3, -0.25) is 4.79 Å². The van der Waals surface area contributed by atoms with Gasteiger partial charge in [0.2, 0.25) is 0 Å². The Morgan fingerprint density at radius 3 is 2.77 bits per heavy atom. The first-order chi connectivity index (χ1) is 6.24. The summed E-state index contributed by atoms with van der Waals surface area (Å²) in [4.78, 5) is 10.8. The Morgan fingerprint density at radius 1 is 1.46 bits per heavy atom. The van der Waals surface area contributed by atoms with Gasteiger partial charge in [-0.1, -0.05) is 19.1 Å². The Bertz CT molecular complexity index is 297. The topological polar surface area (TPSA) is 26.3 Å². The number of carbonyl (C=O) groups is 1. The van der Waals surface area contributed by atoms with Gasteiger partial charge in [-0.05, 0) is 12.1 Å². The largest absolute Gasteiger partial charge is 0.483 e. The summed E-state index contributed by atoms with van der Waals surface area (Å²) < 4.78 is 17.9. The SMILES string of the molecule is CCC(=O)COc1ccccc1F. The van der Waals surface area contributed by atoms with E-state index in [-0.39, 0.29) is 18.1 Å². The van der Waals surface area contributed by atoms with E-state index in [0.29, 0.717) is 6.42 Å². The number of ketones is 1. The maximum Gasteiger partial charge on any atom is 0.169 e. The van der Waals surface area contributed by atoms with Gasteiger partial charge in [0, 0.05) is 6.42 Å². The third kappa shape index (κ3) is 2.86. The summed E-state index contributed by atoms with van der Waals surface area (Å²) in [5.74, 6) is -0.348. The molecule has 0 saturated heterocycles. The molecule has 0 unspecified atom stereocenters. The molecule has 0 aromatic heterocycles. The molecular formula is C10H11FO2. The zero-order valence-corrected chi connectivity index (χ0v) is 7.42. The van der Waals surface area contributed by atoms with Crippen LogP contribution in [0.25, 0.3) is 0 Å². The summed E-state index contributed by atoms with van der Waals surface area (Å²) in [5, 5.41) is 0. The lowest BCUT2D eigenvalue weighted by molar-refractivity contribution is -0.120. The molecule has 0 radical (unpaired) electrons. The molecule has 1 aromatic carbocycles. The number of carbonyl (C=O) groups excluding carboxylic acids is 1. The van der Waals surface area contributed by atoms with Gasteiger partial charge in [-0.2, -0.15) is 0 Å². The molecule has 0 fully saturated rings. The summed E-state index contributed by atoms with van der Waals surface area (Å²) in [6.07, 6.45) is 0.411. The van der Waals surface area contributed by atoms with Gasteiger partial charge in [0.25, 0.3) is 0 Å². The van der Waals surface area contributed by atoms with Crippen molar-refractivity contribution in [2.45, 2.75) is 13.3 Å². The highest BCUT2D eigenvalue weighted by molar-refractivity contribution is 5.79. The van der Waals surface area contributed by atoms with Gasteiger partial charge < -0.3 is 4.74 Å². The van der Waals surface area contributed by atoms with Crippen molar-refractivity contribution in [3.63, 3.8) is 0 Å². The molecule has 0 saturated carbocycles. The predicted octanol–water partition coefficient (Wildman–Crippen LogP) is 2.18. The number of halogens is 1. The van der Waals surface area contributed by atoms with Gasteiger partial charge in [-0.25, -0.2) is 4.39 Å². The number of benzene rings is 1. The fraction of sp³-hybridized carbons (Fsp3) is 0.300. The van der Waals surface area contributed by atoms with E-state index in [9.17, 15) is 9.18 Å². The van der Waals surface area contributed by atoms with E-state index in [1.54, 1.807) is 19.1 Å². The Labute approximate surface area is 76.3 Å². The van der Waals surface area contributed by atoms with Crippen molar-refractivity contribution in [3.8, 4) is 5.75 Å². The van der Waals surface area contributed by atoms with Crippen LogP contribution >= 0.6 is 0 Å². The molecule has 0 aliphatic heterocycles. The molecule has 0 bridgehead atoms. The number of hydrogen-bond acceptors (Lipinski definition) is 2. The van der Waals surface area contributed by atoms with Crippen LogP contribution < -0.4 is 4.74 Å². The second-order valence-electron chi connectivity index (χ2n) is 2.61. The summed E-state index contributed by atoms with van der Waals surface area (Å²) in [6, 6.07) is 6.03. The molecule has 1 rings (SSSR count). The van der Waals surface area contributed by atoms with Crippen LogP contribution in [0.4, 0.5) is 4.39 Å². The third-order valence-corrected chi connectivity index (χ3v) is 1.62. The minimum Gasteiger partial charge on any atom is -0.483 e. The van der Waals surface area contributed by atoms with Gasteiger partial charge in [0.05, 0.1) is 0 Å². The summed E-state index contributed by atoms with van der Waals surface area (Å²) >= 11 is 0. The van der Waals surface area contributed by atoms with Crippen LogP contribution in [0.3, 0.4) is 0 Å². The van der Waals surface area contributed by atoms with E-state index in [2.05, 4.69) is 0 Å². The van der Waals surface area contributed by atoms with Crippen molar-refractivity contribution < 1.29 is 13.9 Å². The standard InChI is InChI=1S/C10H11FO2/c1-2-8(12)7-13-10-6-4-3-5-9(10)11/h3-6H,2,7H2,1H3. The monoisotopic (exact) mass is 182 g/mol. The molecule has 3 heteroatoms. The third-order valence-electron chi connectivity index (χ3n) is 1.62. The van der Waals surface area contributed by atoms with Crippen LogP contribution in [0.2, 0.25) is 0 Å². The number of ether oxygens (including phenoxy) is 1. The molecule has 0 N–H and O–H groups in total. The molecule has 0 heterocycles. The average Bonchev–Trinajstić information content (AvgIpc) is 2.16. The van der Waals surface area contributed by atoms with Crippen LogP contribution in [-0.4, -0.2) is 12.4 Å². The van der Waals surface area contributed by atoms with Crippen LogP contribution in [0, 0.1) is 5.82 Å². The average molecular weight is 182 g/mol. The van der Waals surface area contributed by atoms with Crippen molar-refractivity contribution in [1.29, 1.82) is 0 Å². The molecular weight excluding hydrogens is 171 g/mol. The van der Waals surface area contributed by atoms with E-state index in [4.69, 9.17) is 4.74 Å². The van der Waals surface area contributed by atoms with Crippen molar-refractivity contribution in [1.82, 2.24) is 0 Å². The van der Waals surface area contributed by atoms with Crippen LogP contribution in [0.15, 0.2) is 24.3 Å². The number of hydrogen-bond donors (Lipinski definition) is 0. The summed E-state index contributed by atoms with van der Waals surface area (Å²) in [5.41, 5.74) is 0. The van der Waals surface area contributed by atoms with E-state index in [1.165, 1.54) is 12.1 Å². The minimum atomic E-state index is -0.439. The van der Waals surface area contributed by atoms with Crippen molar-refractivity contribution in [3.05, 3.63) is 30.1 Å². The molecule has 0 amide bonds.